The Morgan fingerprint density at radius 3 is 2.55 bits per heavy atom. The number of esters is 1. The van der Waals surface area contributed by atoms with Crippen molar-refractivity contribution in [2.24, 2.45) is 5.92 Å². The quantitative estimate of drug-likeness (QED) is 0.629. The smallest absolute Gasteiger partial charge is 0.327 e. The van der Waals surface area contributed by atoms with Crippen LogP contribution in [0.2, 0.25) is 0 Å². The lowest BCUT2D eigenvalue weighted by atomic mass is 9.83. The number of methoxy groups -OCH3 is 1. The van der Waals surface area contributed by atoms with Gasteiger partial charge in [-0.2, -0.15) is 0 Å². The third kappa shape index (κ3) is 3.25. The van der Waals surface area contributed by atoms with Crippen LogP contribution in [-0.4, -0.2) is 30.1 Å². The lowest BCUT2D eigenvalue weighted by molar-refractivity contribution is -0.145. The van der Waals surface area contributed by atoms with Gasteiger partial charge in [-0.25, -0.2) is 0 Å². The maximum absolute atomic E-state index is 12.1. The predicted octanol–water partition coefficient (Wildman–Crippen LogP) is 3.55. The van der Waals surface area contributed by atoms with Crippen LogP contribution in [0.5, 0.6) is 0 Å². The molecule has 0 radical (unpaired) electrons. The molecular weight excluding hydrogens is 274 g/mol. The van der Waals surface area contributed by atoms with Gasteiger partial charge in [0.25, 0.3) is 0 Å². The zero-order valence-corrected chi connectivity index (χ0v) is 13.3. The van der Waals surface area contributed by atoms with E-state index in [1.807, 2.05) is 12.1 Å². The van der Waals surface area contributed by atoms with Gasteiger partial charge < -0.3 is 4.74 Å². The van der Waals surface area contributed by atoms with Crippen LogP contribution in [0.1, 0.15) is 37.7 Å². The first-order chi connectivity index (χ1) is 10.8. The minimum atomic E-state index is -0.239. The number of rotatable bonds is 4. The summed E-state index contributed by atoms with van der Waals surface area (Å²) in [6.45, 7) is 0.800. The van der Waals surface area contributed by atoms with E-state index < -0.39 is 0 Å². The molecule has 3 rings (SSSR count). The van der Waals surface area contributed by atoms with Gasteiger partial charge in [0.05, 0.1) is 7.11 Å². The van der Waals surface area contributed by atoms with Crippen molar-refractivity contribution >= 4 is 5.97 Å². The summed E-state index contributed by atoms with van der Waals surface area (Å²) in [6, 6.07) is 10.5. The second-order valence-corrected chi connectivity index (χ2v) is 6.40. The van der Waals surface area contributed by atoms with E-state index in [4.69, 9.17) is 4.74 Å². The van der Waals surface area contributed by atoms with Crippen molar-refractivity contribution in [2.75, 3.05) is 7.11 Å². The number of ether oxygens (including phenoxy) is 1. The van der Waals surface area contributed by atoms with Crippen molar-refractivity contribution in [3.05, 3.63) is 48.0 Å². The lowest BCUT2D eigenvalue weighted by Crippen LogP contribution is -2.45. The summed E-state index contributed by atoms with van der Waals surface area (Å²) in [7, 11) is 1.48. The van der Waals surface area contributed by atoms with Crippen LogP contribution < -0.4 is 0 Å². The summed E-state index contributed by atoms with van der Waals surface area (Å²) < 4.78 is 5.01. The van der Waals surface area contributed by atoms with Gasteiger partial charge in [-0.1, -0.05) is 61.7 Å². The molecule has 2 aliphatic rings. The fourth-order valence-corrected chi connectivity index (χ4v) is 3.86. The third-order valence-corrected chi connectivity index (χ3v) is 5.01. The van der Waals surface area contributed by atoms with Crippen molar-refractivity contribution in [1.29, 1.82) is 0 Å². The monoisotopic (exact) mass is 299 g/mol. The molecule has 0 amide bonds. The van der Waals surface area contributed by atoms with Crippen LogP contribution in [0.15, 0.2) is 42.5 Å². The molecule has 0 saturated heterocycles. The number of benzene rings is 1. The average molecular weight is 299 g/mol. The molecule has 0 bridgehead atoms. The van der Waals surface area contributed by atoms with Gasteiger partial charge in [-0.3, -0.25) is 9.69 Å². The minimum absolute atomic E-state index is 0.148. The Bertz CT molecular complexity index is 519. The standard InChI is InChI=1S/C19H25NO2/c1-22-19(21)18-13-12-17(16-10-6-3-7-11-16)20(18)14-15-8-4-2-5-9-15/h2,4-5,8-9,12-13,16-18H,3,6-7,10-11,14H2,1H3/t17-,18-/m0/s1. The van der Waals surface area contributed by atoms with Crippen LogP contribution in [0.4, 0.5) is 0 Å². The number of hydrogen-bond donors (Lipinski definition) is 0. The molecule has 1 saturated carbocycles. The Labute approximate surface area is 133 Å². The summed E-state index contributed by atoms with van der Waals surface area (Å²) >= 11 is 0. The van der Waals surface area contributed by atoms with E-state index in [0.717, 1.165) is 6.54 Å². The number of hydrogen-bond acceptors (Lipinski definition) is 3. The van der Waals surface area contributed by atoms with Gasteiger partial charge in [0.2, 0.25) is 0 Å². The molecule has 1 heterocycles. The SMILES string of the molecule is COC(=O)[C@@H]1C=C[C@@H](C2CCCCC2)N1Cc1ccccc1. The molecule has 0 spiro atoms. The maximum Gasteiger partial charge on any atom is 0.327 e. The highest BCUT2D eigenvalue weighted by molar-refractivity contribution is 5.78. The van der Waals surface area contributed by atoms with Gasteiger partial charge in [0.15, 0.2) is 0 Å². The Kier molecular flexibility index (Phi) is 4.94. The van der Waals surface area contributed by atoms with Crippen LogP contribution in [0.3, 0.4) is 0 Å². The third-order valence-electron chi connectivity index (χ3n) is 5.01. The first-order valence-corrected chi connectivity index (χ1v) is 8.35. The molecule has 0 unspecified atom stereocenters. The fraction of sp³-hybridized carbons (Fsp3) is 0.526. The highest BCUT2D eigenvalue weighted by Gasteiger charge is 2.38. The lowest BCUT2D eigenvalue weighted by Gasteiger charge is -2.36. The Morgan fingerprint density at radius 2 is 1.86 bits per heavy atom. The molecule has 118 valence electrons. The fourth-order valence-electron chi connectivity index (χ4n) is 3.86. The molecule has 3 heteroatoms. The second kappa shape index (κ2) is 7.10. The van der Waals surface area contributed by atoms with Crippen molar-refractivity contribution in [3.8, 4) is 0 Å². The normalized spacial score (nSPS) is 26.2. The van der Waals surface area contributed by atoms with E-state index in [1.54, 1.807) is 0 Å². The summed E-state index contributed by atoms with van der Waals surface area (Å²) in [5.41, 5.74) is 1.25. The number of carbonyl (C=O) groups excluding carboxylic acids is 1. The molecule has 0 aromatic heterocycles. The van der Waals surface area contributed by atoms with E-state index in [-0.39, 0.29) is 12.0 Å². The van der Waals surface area contributed by atoms with E-state index in [0.29, 0.717) is 12.0 Å². The first kappa shape index (κ1) is 15.3. The summed E-state index contributed by atoms with van der Waals surface area (Å²) in [5, 5.41) is 0. The molecule has 1 aromatic rings. The summed E-state index contributed by atoms with van der Waals surface area (Å²) in [4.78, 5) is 14.4. The molecule has 3 nitrogen and oxygen atoms in total. The van der Waals surface area contributed by atoms with Crippen molar-refractivity contribution in [1.82, 2.24) is 4.90 Å². The van der Waals surface area contributed by atoms with Gasteiger partial charge in [0.1, 0.15) is 6.04 Å². The van der Waals surface area contributed by atoms with E-state index in [2.05, 4.69) is 35.2 Å². The predicted molar refractivity (Wildman–Crippen MR) is 87.3 cm³/mol. The van der Waals surface area contributed by atoms with E-state index >= 15 is 0 Å². The highest BCUT2D eigenvalue weighted by Crippen LogP contribution is 2.34. The zero-order valence-electron chi connectivity index (χ0n) is 13.3. The largest absolute Gasteiger partial charge is 0.468 e. The van der Waals surface area contributed by atoms with Crippen LogP contribution >= 0.6 is 0 Å². The van der Waals surface area contributed by atoms with Crippen LogP contribution in [0.25, 0.3) is 0 Å². The number of nitrogens with zero attached hydrogens (tertiary/aromatic N) is 1. The Morgan fingerprint density at radius 1 is 1.14 bits per heavy atom. The van der Waals surface area contributed by atoms with Crippen molar-refractivity contribution < 1.29 is 9.53 Å². The molecular formula is C19H25NO2. The Hall–Kier alpha value is -1.61. The second-order valence-electron chi connectivity index (χ2n) is 6.40. The van der Waals surface area contributed by atoms with E-state index in [9.17, 15) is 4.79 Å². The number of carbonyl (C=O) groups is 1. The van der Waals surface area contributed by atoms with Crippen LogP contribution in [0, 0.1) is 5.92 Å². The Balaban J connectivity index is 1.79. The van der Waals surface area contributed by atoms with Gasteiger partial charge in [-0.15, -0.1) is 0 Å². The molecule has 1 aliphatic heterocycles. The maximum atomic E-state index is 12.1. The highest BCUT2D eigenvalue weighted by atomic mass is 16.5. The molecule has 1 fully saturated rings. The topological polar surface area (TPSA) is 29.5 Å². The minimum Gasteiger partial charge on any atom is -0.468 e. The average Bonchev–Trinajstić information content (AvgIpc) is 2.99. The molecule has 2 atom stereocenters. The van der Waals surface area contributed by atoms with Gasteiger partial charge >= 0.3 is 5.97 Å². The van der Waals surface area contributed by atoms with E-state index in [1.165, 1.54) is 44.8 Å². The van der Waals surface area contributed by atoms with Crippen molar-refractivity contribution in [2.45, 2.75) is 50.7 Å². The van der Waals surface area contributed by atoms with Gasteiger partial charge in [0, 0.05) is 12.6 Å². The zero-order chi connectivity index (χ0) is 15.4. The van der Waals surface area contributed by atoms with Crippen molar-refractivity contribution in [3.63, 3.8) is 0 Å². The summed E-state index contributed by atoms with van der Waals surface area (Å²) in [6.07, 6.45) is 10.8. The van der Waals surface area contributed by atoms with Gasteiger partial charge in [-0.05, 0) is 24.3 Å². The molecule has 1 aliphatic carbocycles. The molecule has 1 aromatic carbocycles. The molecule has 22 heavy (non-hydrogen) atoms. The van der Waals surface area contributed by atoms with Crippen LogP contribution in [-0.2, 0) is 16.1 Å². The summed E-state index contributed by atoms with van der Waals surface area (Å²) in [5.74, 6) is 0.522. The molecule has 0 N–H and O–H groups in total. The first-order valence-electron chi connectivity index (χ1n) is 8.35.